The third-order valence-electron chi connectivity index (χ3n) is 3.35. The molecule has 2 N–H and O–H groups in total. The van der Waals surface area contributed by atoms with Gasteiger partial charge >= 0.3 is 0 Å². The van der Waals surface area contributed by atoms with E-state index in [4.69, 9.17) is 0 Å². The first-order valence-electron chi connectivity index (χ1n) is 6.87. The van der Waals surface area contributed by atoms with Crippen LogP contribution in [0.4, 0.5) is 8.78 Å². The number of halogens is 2. The molecule has 0 radical (unpaired) electrons. The lowest BCUT2D eigenvalue weighted by Crippen LogP contribution is -2.44. The van der Waals surface area contributed by atoms with E-state index in [0.717, 1.165) is 44.9 Å². The first kappa shape index (κ1) is 16.3. The molecule has 5 nitrogen and oxygen atoms in total. The van der Waals surface area contributed by atoms with E-state index in [1.54, 1.807) is 0 Å². The van der Waals surface area contributed by atoms with Crippen LogP contribution in [0.3, 0.4) is 0 Å². The molecule has 21 heavy (non-hydrogen) atoms. The normalized spacial score (nSPS) is 17.0. The fourth-order valence-electron chi connectivity index (χ4n) is 2.17. The SMILES string of the molecule is O=S(=O)(NCCCN1CCNCC1)c1ccc(F)c(F)c1. The van der Waals surface area contributed by atoms with Crippen molar-refractivity contribution in [3.8, 4) is 0 Å². The Hall–Kier alpha value is -1.09. The van der Waals surface area contributed by atoms with E-state index in [-0.39, 0.29) is 11.4 Å². The Bertz CT molecular complexity index is 575. The van der Waals surface area contributed by atoms with Crippen LogP contribution in [0.2, 0.25) is 0 Å². The monoisotopic (exact) mass is 319 g/mol. The molecule has 1 aromatic rings. The van der Waals surface area contributed by atoms with E-state index in [0.29, 0.717) is 12.5 Å². The molecule has 1 aromatic carbocycles. The molecule has 0 spiro atoms. The Labute approximate surface area is 123 Å². The van der Waals surface area contributed by atoms with Crippen molar-refractivity contribution < 1.29 is 17.2 Å². The van der Waals surface area contributed by atoms with Gasteiger partial charge < -0.3 is 10.2 Å². The Morgan fingerprint density at radius 3 is 2.57 bits per heavy atom. The number of nitrogens with zero attached hydrogens (tertiary/aromatic N) is 1. The van der Waals surface area contributed by atoms with Crippen LogP contribution in [0, 0.1) is 11.6 Å². The van der Waals surface area contributed by atoms with Gasteiger partial charge in [0.2, 0.25) is 10.0 Å². The van der Waals surface area contributed by atoms with Crippen LogP contribution in [-0.2, 0) is 10.0 Å². The van der Waals surface area contributed by atoms with Crippen molar-refractivity contribution in [1.82, 2.24) is 14.9 Å². The van der Waals surface area contributed by atoms with Gasteiger partial charge in [-0.15, -0.1) is 0 Å². The van der Waals surface area contributed by atoms with E-state index >= 15 is 0 Å². The summed E-state index contributed by atoms with van der Waals surface area (Å²) < 4.78 is 52.1. The van der Waals surface area contributed by atoms with Crippen molar-refractivity contribution >= 4 is 10.0 Å². The summed E-state index contributed by atoms with van der Waals surface area (Å²) in [6.45, 7) is 4.88. The molecule has 0 aliphatic carbocycles. The molecule has 0 bridgehead atoms. The molecule has 1 heterocycles. The number of benzene rings is 1. The average molecular weight is 319 g/mol. The van der Waals surface area contributed by atoms with Gasteiger partial charge in [0, 0.05) is 32.7 Å². The van der Waals surface area contributed by atoms with E-state index in [1.165, 1.54) is 0 Å². The summed E-state index contributed by atoms with van der Waals surface area (Å²) in [4.78, 5) is 1.99. The second-order valence-corrected chi connectivity index (χ2v) is 6.69. The standard InChI is InChI=1S/C13H19F2N3O2S/c14-12-3-2-11(10-13(12)15)21(19,20)17-4-1-7-18-8-5-16-6-9-18/h2-3,10,16-17H,1,4-9H2. The summed E-state index contributed by atoms with van der Waals surface area (Å²) in [7, 11) is -3.79. The minimum Gasteiger partial charge on any atom is -0.314 e. The van der Waals surface area contributed by atoms with Gasteiger partial charge in [-0.3, -0.25) is 0 Å². The molecule has 1 saturated heterocycles. The molecule has 1 aliphatic heterocycles. The summed E-state index contributed by atoms with van der Waals surface area (Å²) in [5, 5.41) is 3.24. The predicted molar refractivity (Wildman–Crippen MR) is 75.5 cm³/mol. The fourth-order valence-corrected chi connectivity index (χ4v) is 3.26. The quantitative estimate of drug-likeness (QED) is 0.751. The Morgan fingerprint density at radius 1 is 1.19 bits per heavy atom. The smallest absolute Gasteiger partial charge is 0.240 e. The average Bonchev–Trinajstić information content (AvgIpc) is 2.47. The molecule has 118 valence electrons. The van der Waals surface area contributed by atoms with E-state index < -0.39 is 21.7 Å². The van der Waals surface area contributed by atoms with Crippen LogP contribution < -0.4 is 10.0 Å². The van der Waals surface area contributed by atoms with Crippen molar-refractivity contribution in [3.05, 3.63) is 29.8 Å². The van der Waals surface area contributed by atoms with E-state index in [9.17, 15) is 17.2 Å². The number of nitrogens with one attached hydrogen (secondary N) is 2. The second kappa shape index (κ2) is 7.26. The van der Waals surface area contributed by atoms with Crippen molar-refractivity contribution in [3.63, 3.8) is 0 Å². The lowest BCUT2D eigenvalue weighted by atomic mass is 10.3. The van der Waals surface area contributed by atoms with E-state index in [2.05, 4.69) is 14.9 Å². The summed E-state index contributed by atoms with van der Waals surface area (Å²) >= 11 is 0. The zero-order valence-electron chi connectivity index (χ0n) is 11.6. The zero-order valence-corrected chi connectivity index (χ0v) is 12.4. The summed E-state index contributed by atoms with van der Waals surface area (Å²) in [6, 6.07) is 2.55. The highest BCUT2D eigenvalue weighted by molar-refractivity contribution is 7.89. The largest absolute Gasteiger partial charge is 0.314 e. The van der Waals surface area contributed by atoms with Crippen molar-refractivity contribution in [2.24, 2.45) is 0 Å². The highest BCUT2D eigenvalue weighted by Crippen LogP contribution is 2.13. The molecule has 1 aliphatic rings. The van der Waals surface area contributed by atoms with Crippen LogP contribution in [0.1, 0.15) is 6.42 Å². The maximum atomic E-state index is 13.1. The van der Waals surface area contributed by atoms with Crippen molar-refractivity contribution in [2.45, 2.75) is 11.3 Å². The third kappa shape index (κ3) is 4.70. The highest BCUT2D eigenvalue weighted by atomic mass is 32.2. The molecule has 0 atom stereocenters. The van der Waals surface area contributed by atoms with Gasteiger partial charge in [-0.2, -0.15) is 0 Å². The lowest BCUT2D eigenvalue weighted by molar-refractivity contribution is 0.239. The predicted octanol–water partition coefficient (Wildman–Crippen LogP) is 0.538. The molecule has 0 saturated carbocycles. The van der Waals surface area contributed by atoms with Crippen LogP contribution in [0.5, 0.6) is 0 Å². The van der Waals surface area contributed by atoms with Gasteiger partial charge in [0.15, 0.2) is 11.6 Å². The Kier molecular flexibility index (Phi) is 5.63. The zero-order chi connectivity index (χ0) is 15.3. The van der Waals surface area contributed by atoms with E-state index in [1.807, 2.05) is 0 Å². The third-order valence-corrected chi connectivity index (χ3v) is 4.81. The topological polar surface area (TPSA) is 61.4 Å². The fraction of sp³-hybridized carbons (Fsp3) is 0.538. The number of sulfonamides is 1. The lowest BCUT2D eigenvalue weighted by Gasteiger charge is -2.27. The number of hydrogen-bond acceptors (Lipinski definition) is 4. The Balaban J connectivity index is 1.82. The molecule has 1 fully saturated rings. The molecular weight excluding hydrogens is 300 g/mol. The maximum absolute atomic E-state index is 13.1. The van der Waals surface area contributed by atoms with Crippen molar-refractivity contribution in [1.29, 1.82) is 0 Å². The summed E-state index contributed by atoms with van der Waals surface area (Å²) in [5.41, 5.74) is 0. The molecule has 2 rings (SSSR count). The first-order valence-corrected chi connectivity index (χ1v) is 8.35. The molecule has 0 unspecified atom stereocenters. The minimum atomic E-state index is -3.79. The minimum absolute atomic E-state index is 0.261. The first-order chi connectivity index (χ1) is 9.99. The van der Waals surface area contributed by atoms with Crippen LogP contribution in [0.25, 0.3) is 0 Å². The Morgan fingerprint density at radius 2 is 1.90 bits per heavy atom. The molecule has 0 aromatic heterocycles. The number of piperazine rings is 1. The van der Waals surface area contributed by atoms with Crippen molar-refractivity contribution in [2.75, 3.05) is 39.3 Å². The molecule has 8 heteroatoms. The van der Waals surface area contributed by atoms with Gasteiger partial charge in [-0.25, -0.2) is 21.9 Å². The highest BCUT2D eigenvalue weighted by Gasteiger charge is 2.16. The van der Waals surface area contributed by atoms with Crippen LogP contribution >= 0.6 is 0 Å². The van der Waals surface area contributed by atoms with Gasteiger partial charge in [0.05, 0.1) is 4.90 Å². The molecule has 0 amide bonds. The van der Waals surface area contributed by atoms with Crippen LogP contribution in [0.15, 0.2) is 23.1 Å². The molecular formula is C13H19F2N3O2S. The number of rotatable bonds is 6. The number of hydrogen-bond donors (Lipinski definition) is 2. The van der Waals surface area contributed by atoms with Gasteiger partial charge in [0.1, 0.15) is 0 Å². The van der Waals surface area contributed by atoms with Gasteiger partial charge in [-0.05, 0) is 31.2 Å². The van der Waals surface area contributed by atoms with Gasteiger partial charge in [-0.1, -0.05) is 0 Å². The summed E-state index contributed by atoms with van der Waals surface area (Å²) in [5.74, 6) is -2.23. The second-order valence-electron chi connectivity index (χ2n) is 4.92. The van der Waals surface area contributed by atoms with Gasteiger partial charge in [0.25, 0.3) is 0 Å². The van der Waals surface area contributed by atoms with Crippen LogP contribution in [-0.4, -0.2) is 52.6 Å². The maximum Gasteiger partial charge on any atom is 0.240 e. The summed E-state index contributed by atoms with van der Waals surface area (Å²) in [6.07, 6.45) is 0.670.